The lowest BCUT2D eigenvalue weighted by Gasteiger charge is -2.29. The fourth-order valence-electron chi connectivity index (χ4n) is 5.43. The smallest absolute Gasteiger partial charge is 0.266 e. The minimum Gasteiger partial charge on any atom is -0.473 e. The number of hydrogen-bond acceptors (Lipinski definition) is 9. The van der Waals surface area contributed by atoms with Gasteiger partial charge in [0.15, 0.2) is 0 Å². The molecule has 1 saturated heterocycles. The highest BCUT2D eigenvalue weighted by molar-refractivity contribution is 5.93. The van der Waals surface area contributed by atoms with Crippen LogP contribution in [0.5, 0.6) is 5.88 Å². The van der Waals surface area contributed by atoms with Gasteiger partial charge in [-0.05, 0) is 37.8 Å². The van der Waals surface area contributed by atoms with Gasteiger partial charge in [-0.3, -0.25) is 19.4 Å². The van der Waals surface area contributed by atoms with Crippen molar-refractivity contribution in [1.82, 2.24) is 34.4 Å². The number of morpholine rings is 1. The number of ether oxygens (including phenoxy) is 2. The van der Waals surface area contributed by atoms with Gasteiger partial charge in [-0.1, -0.05) is 0 Å². The van der Waals surface area contributed by atoms with E-state index in [0.29, 0.717) is 5.88 Å². The van der Waals surface area contributed by atoms with Crippen LogP contribution in [0.4, 0.5) is 5.82 Å². The number of rotatable bonds is 7. The number of aryl methyl sites for hydroxylation is 1. The molecule has 2 aliphatic rings. The highest BCUT2D eigenvalue weighted by atomic mass is 16.5. The Labute approximate surface area is 226 Å². The first-order chi connectivity index (χ1) is 19.1. The van der Waals surface area contributed by atoms with Crippen LogP contribution >= 0.6 is 0 Å². The molecule has 204 valence electrons. The fourth-order valence-corrected chi connectivity index (χ4v) is 5.43. The Kier molecular flexibility index (Phi) is 7.25. The maximum atomic E-state index is 11.6. The first kappa shape index (κ1) is 25.4. The van der Waals surface area contributed by atoms with Gasteiger partial charge in [0.1, 0.15) is 17.6 Å². The Morgan fingerprint density at radius 2 is 1.85 bits per heavy atom. The summed E-state index contributed by atoms with van der Waals surface area (Å²) in [5.41, 5.74) is 3.85. The molecule has 0 radical (unpaired) electrons. The van der Waals surface area contributed by atoms with E-state index in [4.69, 9.17) is 19.6 Å². The standard InChI is InChI=1S/C28H34N8O3/c1-29-25-15-24-23(17-31-25)28(19-3-4-20(30-16-19)18-35-11-13-38-14-12-35)33-36(24)21-5-7-22(8-6-21)39-26-9-10-27(37)34(2)32-26/h3-4,9-10,15-17,21-22H,5-8,11-14,18H2,1-2H3,(H,29,31). The molecule has 11 heteroatoms. The molecule has 11 nitrogen and oxygen atoms in total. The van der Waals surface area contributed by atoms with Crippen molar-refractivity contribution in [2.45, 2.75) is 44.4 Å². The summed E-state index contributed by atoms with van der Waals surface area (Å²) in [6, 6.07) is 9.67. The lowest BCUT2D eigenvalue weighted by Crippen LogP contribution is -2.35. The molecule has 4 aromatic heterocycles. The number of hydrogen-bond donors (Lipinski definition) is 1. The van der Waals surface area contributed by atoms with Crippen LogP contribution < -0.4 is 15.6 Å². The Balaban J connectivity index is 1.21. The van der Waals surface area contributed by atoms with Gasteiger partial charge in [0.2, 0.25) is 5.88 Å². The van der Waals surface area contributed by atoms with E-state index in [9.17, 15) is 4.79 Å². The van der Waals surface area contributed by atoms with Gasteiger partial charge in [0.25, 0.3) is 5.56 Å². The molecule has 0 bridgehead atoms. The van der Waals surface area contributed by atoms with E-state index in [2.05, 4.69) is 43.2 Å². The predicted molar refractivity (Wildman–Crippen MR) is 148 cm³/mol. The number of aromatic nitrogens is 6. The highest BCUT2D eigenvalue weighted by Crippen LogP contribution is 2.36. The number of nitrogens with one attached hydrogen (secondary N) is 1. The number of fused-ring (bicyclic) bond motifs is 1. The second-order valence-electron chi connectivity index (χ2n) is 10.2. The third-order valence-corrected chi connectivity index (χ3v) is 7.65. The summed E-state index contributed by atoms with van der Waals surface area (Å²) < 4.78 is 15.0. The van der Waals surface area contributed by atoms with Crippen molar-refractivity contribution in [2.75, 3.05) is 38.7 Å². The molecule has 0 amide bonds. The zero-order valence-electron chi connectivity index (χ0n) is 22.4. The van der Waals surface area contributed by atoms with Crippen molar-refractivity contribution < 1.29 is 9.47 Å². The average molecular weight is 531 g/mol. The molecule has 5 heterocycles. The first-order valence-electron chi connectivity index (χ1n) is 13.6. The molecule has 2 fully saturated rings. The lowest BCUT2D eigenvalue weighted by molar-refractivity contribution is 0.0336. The first-order valence-corrected chi connectivity index (χ1v) is 13.6. The second kappa shape index (κ2) is 11.1. The fraction of sp³-hybridized carbons (Fsp3) is 0.464. The highest BCUT2D eigenvalue weighted by Gasteiger charge is 2.27. The van der Waals surface area contributed by atoms with Crippen LogP contribution in [0.15, 0.2) is 47.5 Å². The Morgan fingerprint density at radius 1 is 1.03 bits per heavy atom. The maximum Gasteiger partial charge on any atom is 0.266 e. The van der Waals surface area contributed by atoms with Gasteiger partial charge in [0, 0.05) is 75.3 Å². The summed E-state index contributed by atoms with van der Waals surface area (Å²) in [4.78, 5) is 23.4. The Hall–Kier alpha value is -3.83. The van der Waals surface area contributed by atoms with E-state index in [1.54, 1.807) is 13.1 Å². The molecule has 1 aliphatic heterocycles. The van der Waals surface area contributed by atoms with Crippen LogP contribution in [0, 0.1) is 0 Å². The topological polar surface area (TPSA) is 112 Å². The summed E-state index contributed by atoms with van der Waals surface area (Å²) in [6.45, 7) is 4.26. The van der Waals surface area contributed by atoms with E-state index < -0.39 is 0 Å². The van der Waals surface area contributed by atoms with Crippen LogP contribution in [-0.2, 0) is 18.3 Å². The molecule has 4 aromatic rings. The lowest BCUT2D eigenvalue weighted by atomic mass is 9.93. The minimum absolute atomic E-state index is 0.0605. The molecule has 0 spiro atoms. The van der Waals surface area contributed by atoms with Crippen LogP contribution in [0.1, 0.15) is 37.4 Å². The molecule has 0 atom stereocenters. The van der Waals surface area contributed by atoms with Gasteiger partial charge >= 0.3 is 0 Å². The van der Waals surface area contributed by atoms with Crippen LogP contribution in [-0.4, -0.2) is 73.9 Å². The minimum atomic E-state index is -0.148. The molecule has 0 unspecified atom stereocenters. The van der Waals surface area contributed by atoms with Gasteiger partial charge in [-0.15, -0.1) is 5.10 Å². The normalized spacial score (nSPS) is 20.3. The molecular formula is C28H34N8O3. The van der Waals surface area contributed by atoms with Crippen LogP contribution in [0.2, 0.25) is 0 Å². The quantitative estimate of drug-likeness (QED) is 0.385. The molecular weight excluding hydrogens is 496 g/mol. The molecule has 1 N–H and O–H groups in total. The third-order valence-electron chi connectivity index (χ3n) is 7.65. The molecule has 39 heavy (non-hydrogen) atoms. The zero-order valence-corrected chi connectivity index (χ0v) is 22.4. The van der Waals surface area contributed by atoms with Crippen molar-refractivity contribution in [3.05, 3.63) is 58.8 Å². The number of anilines is 1. The van der Waals surface area contributed by atoms with E-state index in [-0.39, 0.29) is 17.7 Å². The zero-order chi connectivity index (χ0) is 26.8. The molecule has 0 aromatic carbocycles. The summed E-state index contributed by atoms with van der Waals surface area (Å²) in [5.74, 6) is 1.30. The summed E-state index contributed by atoms with van der Waals surface area (Å²) in [5, 5.41) is 13.5. The van der Waals surface area contributed by atoms with Crippen LogP contribution in [0.3, 0.4) is 0 Å². The summed E-state index contributed by atoms with van der Waals surface area (Å²) >= 11 is 0. The van der Waals surface area contributed by atoms with Crippen molar-refractivity contribution in [3.8, 4) is 17.1 Å². The van der Waals surface area contributed by atoms with Crippen molar-refractivity contribution in [3.63, 3.8) is 0 Å². The van der Waals surface area contributed by atoms with Crippen molar-refractivity contribution in [1.29, 1.82) is 0 Å². The Bertz CT molecular complexity index is 1490. The van der Waals surface area contributed by atoms with Crippen molar-refractivity contribution in [2.24, 2.45) is 7.05 Å². The average Bonchev–Trinajstić information content (AvgIpc) is 3.35. The largest absolute Gasteiger partial charge is 0.473 e. The molecule has 1 aliphatic carbocycles. The maximum absolute atomic E-state index is 11.6. The molecule has 1 saturated carbocycles. The van der Waals surface area contributed by atoms with E-state index in [0.717, 1.165) is 92.2 Å². The van der Waals surface area contributed by atoms with Crippen molar-refractivity contribution >= 4 is 16.7 Å². The van der Waals surface area contributed by atoms with Gasteiger partial charge in [-0.2, -0.15) is 5.10 Å². The second-order valence-corrected chi connectivity index (χ2v) is 10.2. The SMILES string of the molecule is CNc1cc2c(cn1)c(-c1ccc(CN3CCOCC3)nc1)nn2C1CCC(Oc2ccc(=O)n(C)n2)CC1. The molecule has 6 rings (SSSR count). The van der Waals surface area contributed by atoms with Gasteiger partial charge in [-0.25, -0.2) is 9.67 Å². The monoisotopic (exact) mass is 530 g/mol. The van der Waals surface area contributed by atoms with E-state index in [1.165, 1.54) is 10.7 Å². The van der Waals surface area contributed by atoms with E-state index >= 15 is 0 Å². The Morgan fingerprint density at radius 3 is 2.56 bits per heavy atom. The predicted octanol–water partition coefficient (Wildman–Crippen LogP) is 3.02. The van der Waals surface area contributed by atoms with Gasteiger partial charge in [0.05, 0.1) is 30.5 Å². The summed E-state index contributed by atoms with van der Waals surface area (Å²) in [7, 11) is 3.51. The van der Waals surface area contributed by atoms with Gasteiger partial charge < -0.3 is 14.8 Å². The van der Waals surface area contributed by atoms with Crippen LogP contribution in [0.25, 0.3) is 22.2 Å². The third kappa shape index (κ3) is 5.50. The number of pyridine rings is 2. The van der Waals surface area contributed by atoms with E-state index in [1.807, 2.05) is 19.4 Å². The summed E-state index contributed by atoms with van der Waals surface area (Å²) in [6.07, 6.45) is 7.52. The number of nitrogens with zero attached hydrogens (tertiary/aromatic N) is 7.